The summed E-state index contributed by atoms with van der Waals surface area (Å²) >= 11 is 0. The predicted molar refractivity (Wildman–Crippen MR) is 198 cm³/mol. The topological polar surface area (TPSA) is 144 Å². The van der Waals surface area contributed by atoms with Crippen molar-refractivity contribution in [2.24, 2.45) is 29.1 Å². The number of aliphatic hydroxyl groups excluding tert-OH is 2. The number of fused-ring (bicyclic) bond motifs is 2. The minimum Gasteiger partial charge on any atom is -0.496 e. The second kappa shape index (κ2) is 15.0. The number of hydrogen-bond donors (Lipinski definition) is 4. The summed E-state index contributed by atoms with van der Waals surface area (Å²) in [7, 11) is 7.00. The van der Waals surface area contributed by atoms with Gasteiger partial charge in [0.2, 0.25) is 11.8 Å². The fourth-order valence-electron chi connectivity index (χ4n) is 9.59. The number of likely N-dealkylation sites (tertiary alicyclic amines) is 1. The number of methoxy groups -OCH3 is 1. The number of nitrogens with one attached hydrogen (secondary N) is 2. The highest BCUT2D eigenvalue weighted by molar-refractivity contribution is 6.00. The van der Waals surface area contributed by atoms with Crippen LogP contribution >= 0.6 is 0 Å². The molecule has 0 radical (unpaired) electrons. The number of ether oxygens (including phenoxy) is 1. The first kappa shape index (κ1) is 38.0. The van der Waals surface area contributed by atoms with Gasteiger partial charge in [0.05, 0.1) is 26.4 Å². The van der Waals surface area contributed by atoms with Crippen molar-refractivity contribution in [3.63, 3.8) is 0 Å². The number of benzene rings is 2. The quantitative estimate of drug-likeness (QED) is 0.275. The van der Waals surface area contributed by atoms with Crippen LogP contribution in [0.4, 0.5) is 5.69 Å². The number of aliphatic hydroxyl groups is 2. The molecule has 3 aliphatic carbocycles. The zero-order valence-corrected chi connectivity index (χ0v) is 31.9. The summed E-state index contributed by atoms with van der Waals surface area (Å²) in [6.07, 6.45) is 1.80. The van der Waals surface area contributed by atoms with E-state index in [1.54, 1.807) is 31.0 Å². The molecule has 284 valence electrons. The number of anilines is 1. The van der Waals surface area contributed by atoms with E-state index in [9.17, 15) is 24.6 Å². The molecule has 0 spiro atoms. The molecule has 0 unspecified atom stereocenters. The smallest absolute Gasteiger partial charge is 0.254 e. The highest BCUT2D eigenvalue weighted by atomic mass is 16.7. The third kappa shape index (κ3) is 6.79. The van der Waals surface area contributed by atoms with Crippen LogP contribution in [0.3, 0.4) is 0 Å². The fourth-order valence-corrected chi connectivity index (χ4v) is 9.59. The van der Waals surface area contributed by atoms with Gasteiger partial charge < -0.3 is 35.4 Å². The first-order valence-corrected chi connectivity index (χ1v) is 18.8. The number of hydroxylamine groups is 2. The average molecular weight is 720 g/mol. The molecule has 2 aromatic carbocycles. The standard InChI is InChI=1S/C40H57N5O7/c1-22-30-18-27(40(30,3)4)19-31(22)42-38(49)35-34(23(2)47)33(21-46)52-45(35)20-24-11-9-12-29(36(24)51-8)25-15-26(17-28(16-25)43(6)7)39(50)44-14-10-13-32(44)37(48)41-5/h9,11-12,15-17,22-23,27,30-35,46-47H,10,13-14,18-21H2,1-8H3,(H,41,48)(H,42,49)/t22-,23-,27+,30+,31-,32-,33-,34+,35-/m0/s1. The maximum atomic E-state index is 14.2. The molecular formula is C40H57N5O7. The van der Waals surface area contributed by atoms with E-state index in [4.69, 9.17) is 9.57 Å². The number of hydrogen-bond acceptors (Lipinski definition) is 9. The highest BCUT2D eigenvalue weighted by Crippen LogP contribution is 2.61. The largest absolute Gasteiger partial charge is 0.496 e. The van der Waals surface area contributed by atoms with Crippen molar-refractivity contribution in [2.45, 2.75) is 90.3 Å². The van der Waals surface area contributed by atoms with Gasteiger partial charge in [-0.1, -0.05) is 39.0 Å². The summed E-state index contributed by atoms with van der Waals surface area (Å²) in [4.78, 5) is 50.6. The minimum absolute atomic E-state index is 0.0277. The van der Waals surface area contributed by atoms with Crippen LogP contribution in [0.25, 0.3) is 11.1 Å². The summed E-state index contributed by atoms with van der Waals surface area (Å²) in [6.45, 7) is 8.82. The number of carbonyl (C=O) groups is 3. The number of amides is 3. The molecule has 5 aliphatic rings. The van der Waals surface area contributed by atoms with E-state index in [-0.39, 0.29) is 42.3 Å². The monoisotopic (exact) mass is 719 g/mol. The predicted octanol–water partition coefficient (Wildman–Crippen LogP) is 3.44. The molecule has 0 aromatic heterocycles. The van der Waals surface area contributed by atoms with E-state index >= 15 is 0 Å². The van der Waals surface area contributed by atoms with Gasteiger partial charge >= 0.3 is 0 Å². The molecule has 2 bridgehead atoms. The molecule has 2 aliphatic heterocycles. The second-order valence-electron chi connectivity index (χ2n) is 16.2. The minimum atomic E-state index is -0.911. The number of rotatable bonds is 11. The highest BCUT2D eigenvalue weighted by Gasteiger charge is 2.57. The Kier molecular flexibility index (Phi) is 10.9. The van der Waals surface area contributed by atoms with Crippen molar-refractivity contribution in [1.29, 1.82) is 0 Å². The molecule has 4 N–H and O–H groups in total. The summed E-state index contributed by atoms with van der Waals surface area (Å²) in [5, 5.41) is 28.9. The third-order valence-corrected chi connectivity index (χ3v) is 12.7. The van der Waals surface area contributed by atoms with Gasteiger partial charge in [-0.15, -0.1) is 0 Å². The SMILES string of the molecule is CNC(=O)[C@@H]1CCCN1C(=O)c1cc(-c2cccc(CN3O[C@@H](CO)[C@@H]([C@H](C)O)[C@H]3C(=O)N[C@H]3C[C@H]4C[C@H]([C@@H]3C)C4(C)C)c2OC)cc(N(C)C)c1. The summed E-state index contributed by atoms with van der Waals surface area (Å²) < 4.78 is 6.06. The van der Waals surface area contributed by atoms with Crippen molar-refractivity contribution in [3.8, 4) is 16.9 Å². The third-order valence-electron chi connectivity index (χ3n) is 12.7. The summed E-state index contributed by atoms with van der Waals surface area (Å²) in [6, 6.07) is 10.1. The van der Waals surface area contributed by atoms with Gasteiger partial charge in [0.15, 0.2) is 0 Å². The van der Waals surface area contributed by atoms with Crippen molar-refractivity contribution in [1.82, 2.24) is 20.6 Å². The van der Waals surface area contributed by atoms with Gasteiger partial charge in [-0.3, -0.25) is 19.2 Å². The lowest BCUT2D eigenvalue weighted by Crippen LogP contribution is -2.62. The molecule has 12 heteroatoms. The van der Waals surface area contributed by atoms with Gasteiger partial charge in [-0.05, 0) is 79.5 Å². The molecule has 2 heterocycles. The zero-order valence-electron chi connectivity index (χ0n) is 31.9. The number of likely N-dealkylation sites (N-methyl/N-ethyl adjacent to an activating group) is 1. The van der Waals surface area contributed by atoms with Crippen molar-refractivity contribution in [3.05, 3.63) is 47.5 Å². The molecule has 52 heavy (non-hydrogen) atoms. The fraction of sp³-hybridized carbons (Fsp3) is 0.625. The van der Waals surface area contributed by atoms with Gasteiger partial charge in [0.1, 0.15) is 23.9 Å². The molecule has 2 aromatic rings. The Bertz CT molecular complexity index is 1660. The molecule has 7 rings (SSSR count). The lowest BCUT2D eigenvalue weighted by atomic mass is 9.45. The van der Waals surface area contributed by atoms with Crippen LogP contribution in [0.2, 0.25) is 0 Å². The van der Waals surface area contributed by atoms with Crippen LogP contribution in [0.1, 0.15) is 69.3 Å². The zero-order chi connectivity index (χ0) is 37.6. The van der Waals surface area contributed by atoms with Crippen molar-refractivity contribution < 1.29 is 34.2 Å². The summed E-state index contributed by atoms with van der Waals surface area (Å²) in [5.74, 6) is 0.734. The van der Waals surface area contributed by atoms with Crippen LogP contribution in [0, 0.1) is 29.1 Å². The van der Waals surface area contributed by atoms with Gasteiger partial charge in [-0.25, -0.2) is 0 Å². The van der Waals surface area contributed by atoms with Crippen LogP contribution in [0.5, 0.6) is 5.75 Å². The first-order chi connectivity index (χ1) is 24.7. The Labute approximate surface area is 307 Å². The van der Waals surface area contributed by atoms with E-state index in [0.29, 0.717) is 42.0 Å². The second-order valence-corrected chi connectivity index (χ2v) is 16.2. The Balaban J connectivity index is 1.31. The van der Waals surface area contributed by atoms with Crippen LogP contribution in [-0.4, -0.2) is 110 Å². The Morgan fingerprint density at radius 1 is 1.13 bits per heavy atom. The van der Waals surface area contributed by atoms with E-state index < -0.39 is 30.2 Å². The van der Waals surface area contributed by atoms with E-state index in [1.165, 1.54) is 6.42 Å². The molecule has 9 atom stereocenters. The molecule has 5 fully saturated rings. The maximum Gasteiger partial charge on any atom is 0.254 e. The van der Waals surface area contributed by atoms with Crippen molar-refractivity contribution >= 4 is 23.4 Å². The molecular weight excluding hydrogens is 662 g/mol. The Morgan fingerprint density at radius 3 is 2.50 bits per heavy atom. The summed E-state index contributed by atoms with van der Waals surface area (Å²) in [5.41, 5.74) is 3.78. The average Bonchev–Trinajstić information content (AvgIpc) is 3.76. The van der Waals surface area contributed by atoms with E-state index in [2.05, 4.69) is 31.4 Å². The van der Waals surface area contributed by atoms with Crippen LogP contribution in [-0.2, 0) is 21.0 Å². The van der Waals surface area contributed by atoms with Crippen LogP contribution in [0.15, 0.2) is 36.4 Å². The Morgan fingerprint density at radius 2 is 1.88 bits per heavy atom. The lowest BCUT2D eigenvalue weighted by molar-refractivity contribution is -0.183. The van der Waals surface area contributed by atoms with Gasteiger partial charge in [0.25, 0.3) is 5.91 Å². The van der Waals surface area contributed by atoms with Crippen LogP contribution < -0.4 is 20.3 Å². The lowest BCUT2D eigenvalue weighted by Gasteiger charge is -2.62. The van der Waals surface area contributed by atoms with Gasteiger partial charge in [0, 0.05) is 62.0 Å². The maximum absolute atomic E-state index is 14.2. The molecule has 2 saturated heterocycles. The molecule has 3 amide bonds. The normalized spacial score (nSPS) is 30.0. The van der Waals surface area contributed by atoms with Gasteiger partial charge in [-0.2, -0.15) is 5.06 Å². The number of para-hydroxylation sites is 1. The Hall–Kier alpha value is -3.71. The number of carbonyl (C=O) groups excluding carboxylic acids is 3. The van der Waals surface area contributed by atoms with E-state index in [0.717, 1.165) is 35.2 Å². The van der Waals surface area contributed by atoms with Crippen molar-refractivity contribution in [2.75, 3.05) is 46.3 Å². The van der Waals surface area contributed by atoms with E-state index in [1.807, 2.05) is 55.4 Å². The molecule has 3 saturated carbocycles. The molecule has 12 nitrogen and oxygen atoms in total. The number of nitrogens with zero attached hydrogens (tertiary/aromatic N) is 3. The first-order valence-electron chi connectivity index (χ1n) is 18.8.